The fourth-order valence-electron chi connectivity index (χ4n) is 3.52. The predicted molar refractivity (Wildman–Crippen MR) is 111 cm³/mol. The van der Waals surface area contributed by atoms with Crippen molar-refractivity contribution in [2.75, 3.05) is 38.0 Å². The van der Waals surface area contributed by atoms with E-state index in [0.717, 1.165) is 49.6 Å². The van der Waals surface area contributed by atoms with E-state index in [1.54, 1.807) is 24.3 Å². The molecule has 4 N–H and O–H groups in total. The summed E-state index contributed by atoms with van der Waals surface area (Å²) in [6.07, 6.45) is 0. The van der Waals surface area contributed by atoms with Crippen LogP contribution in [0.4, 0.5) is 5.69 Å². The monoisotopic (exact) mass is 392 g/mol. The first-order valence-corrected chi connectivity index (χ1v) is 9.65. The van der Waals surface area contributed by atoms with Crippen molar-refractivity contribution in [1.29, 1.82) is 0 Å². The summed E-state index contributed by atoms with van der Waals surface area (Å²) in [5.41, 5.74) is 8.35. The molecule has 29 heavy (non-hydrogen) atoms. The Balaban J connectivity index is 1.24. The quantitative estimate of drug-likeness (QED) is 0.588. The first-order valence-electron chi connectivity index (χ1n) is 9.65. The van der Waals surface area contributed by atoms with Gasteiger partial charge in [-0.15, -0.1) is 0 Å². The maximum Gasteiger partial charge on any atom is 0.248 e. The van der Waals surface area contributed by atoms with Crippen LogP contribution in [0.5, 0.6) is 0 Å². The Morgan fingerprint density at radius 3 is 2.38 bits per heavy atom. The highest BCUT2D eigenvalue weighted by atomic mass is 16.2. The highest BCUT2D eigenvalue weighted by Crippen LogP contribution is 2.13. The average molecular weight is 392 g/mol. The summed E-state index contributed by atoms with van der Waals surface area (Å²) in [6.45, 7) is 4.55. The topological polar surface area (TPSA) is 107 Å². The minimum atomic E-state index is -0.483. The number of piperazine rings is 1. The fraction of sp³-hybridized carbons (Fsp3) is 0.286. The molecule has 0 saturated carbocycles. The number of anilines is 1. The molecule has 0 atom stereocenters. The van der Waals surface area contributed by atoms with Crippen LogP contribution in [0.3, 0.4) is 0 Å². The summed E-state index contributed by atoms with van der Waals surface area (Å²) < 4.78 is 0. The lowest BCUT2D eigenvalue weighted by molar-refractivity contribution is -0.117. The van der Waals surface area contributed by atoms with Crippen molar-refractivity contribution in [3.05, 3.63) is 59.9 Å². The molecule has 0 bridgehead atoms. The zero-order valence-corrected chi connectivity index (χ0v) is 16.1. The molecule has 1 aliphatic rings. The summed E-state index contributed by atoms with van der Waals surface area (Å²) in [6, 6.07) is 14.6. The van der Waals surface area contributed by atoms with Gasteiger partial charge in [0.15, 0.2) is 0 Å². The van der Waals surface area contributed by atoms with Gasteiger partial charge in [-0.25, -0.2) is 4.98 Å². The lowest BCUT2D eigenvalue weighted by atomic mass is 10.2. The summed E-state index contributed by atoms with van der Waals surface area (Å²) in [5.74, 6) is 0.419. The number of aromatic amines is 1. The Labute approximate surface area is 168 Å². The molecule has 1 aliphatic heterocycles. The van der Waals surface area contributed by atoms with Gasteiger partial charge in [-0.1, -0.05) is 12.1 Å². The van der Waals surface area contributed by atoms with Crippen LogP contribution >= 0.6 is 0 Å². The van der Waals surface area contributed by atoms with E-state index in [9.17, 15) is 9.59 Å². The van der Waals surface area contributed by atoms with Gasteiger partial charge in [0.1, 0.15) is 5.82 Å². The number of amides is 2. The zero-order valence-electron chi connectivity index (χ0n) is 16.1. The number of nitrogens with zero attached hydrogens (tertiary/aromatic N) is 3. The van der Waals surface area contributed by atoms with Crippen LogP contribution in [0.25, 0.3) is 11.0 Å². The molecule has 2 amide bonds. The van der Waals surface area contributed by atoms with Crippen LogP contribution in [-0.2, 0) is 11.3 Å². The van der Waals surface area contributed by atoms with E-state index in [0.29, 0.717) is 17.8 Å². The van der Waals surface area contributed by atoms with E-state index < -0.39 is 5.91 Å². The van der Waals surface area contributed by atoms with Crippen LogP contribution in [0.15, 0.2) is 48.5 Å². The summed E-state index contributed by atoms with van der Waals surface area (Å²) in [5, 5.41) is 2.86. The van der Waals surface area contributed by atoms with Crippen molar-refractivity contribution in [2.45, 2.75) is 6.54 Å². The van der Waals surface area contributed by atoms with Gasteiger partial charge in [0, 0.05) is 37.4 Å². The van der Waals surface area contributed by atoms with E-state index >= 15 is 0 Å². The van der Waals surface area contributed by atoms with Crippen molar-refractivity contribution >= 4 is 28.5 Å². The van der Waals surface area contributed by atoms with Gasteiger partial charge >= 0.3 is 0 Å². The summed E-state index contributed by atoms with van der Waals surface area (Å²) >= 11 is 0. The molecule has 3 aromatic rings. The number of H-pyrrole nitrogens is 1. The Bertz CT molecular complexity index is 972. The van der Waals surface area contributed by atoms with Crippen LogP contribution in [0.1, 0.15) is 16.2 Å². The SMILES string of the molecule is NC(=O)c1ccc(NC(=O)CN2CCN(Cc3nc4ccccc4[nH]3)CC2)cc1. The van der Waals surface area contributed by atoms with Gasteiger partial charge < -0.3 is 16.0 Å². The molecule has 150 valence electrons. The number of benzene rings is 2. The molecule has 1 aromatic heterocycles. The molecular formula is C21H24N6O2. The third kappa shape index (κ3) is 4.79. The van der Waals surface area contributed by atoms with Gasteiger partial charge in [-0.2, -0.15) is 0 Å². The molecule has 0 unspecified atom stereocenters. The average Bonchev–Trinajstić information content (AvgIpc) is 3.12. The number of hydrogen-bond donors (Lipinski definition) is 3. The third-order valence-corrected chi connectivity index (χ3v) is 5.10. The second-order valence-electron chi connectivity index (χ2n) is 7.24. The summed E-state index contributed by atoms with van der Waals surface area (Å²) in [4.78, 5) is 35.9. The molecule has 8 heteroatoms. The molecular weight excluding hydrogens is 368 g/mol. The minimum Gasteiger partial charge on any atom is -0.366 e. The molecule has 0 aliphatic carbocycles. The molecule has 2 aromatic carbocycles. The highest BCUT2D eigenvalue weighted by molar-refractivity contribution is 5.95. The van der Waals surface area contributed by atoms with Crippen LogP contribution < -0.4 is 11.1 Å². The number of nitrogens with two attached hydrogens (primary N) is 1. The maximum atomic E-state index is 12.3. The lowest BCUT2D eigenvalue weighted by Gasteiger charge is -2.33. The number of carbonyl (C=O) groups excluding carboxylic acids is 2. The number of aromatic nitrogens is 2. The van der Waals surface area contributed by atoms with Gasteiger partial charge in [0.25, 0.3) is 0 Å². The molecule has 8 nitrogen and oxygen atoms in total. The normalized spacial score (nSPS) is 15.4. The second-order valence-corrected chi connectivity index (χ2v) is 7.24. The van der Waals surface area contributed by atoms with Gasteiger partial charge in [-0.05, 0) is 36.4 Å². The zero-order chi connectivity index (χ0) is 20.2. The van der Waals surface area contributed by atoms with Crippen LogP contribution in [-0.4, -0.2) is 64.3 Å². The second kappa shape index (κ2) is 8.42. The fourth-order valence-corrected chi connectivity index (χ4v) is 3.52. The lowest BCUT2D eigenvalue weighted by Crippen LogP contribution is -2.48. The van der Waals surface area contributed by atoms with E-state index in [2.05, 4.69) is 25.1 Å². The van der Waals surface area contributed by atoms with Gasteiger partial charge in [0.05, 0.1) is 24.1 Å². The minimum absolute atomic E-state index is 0.0671. The van der Waals surface area contributed by atoms with Crippen molar-refractivity contribution in [2.24, 2.45) is 5.73 Å². The van der Waals surface area contributed by atoms with Crippen molar-refractivity contribution in [3.63, 3.8) is 0 Å². The Hall–Kier alpha value is -3.23. The number of para-hydroxylation sites is 2. The van der Waals surface area contributed by atoms with Crippen LogP contribution in [0, 0.1) is 0 Å². The van der Waals surface area contributed by atoms with Gasteiger partial charge in [-0.3, -0.25) is 19.4 Å². The number of rotatable bonds is 6. The Kier molecular flexibility index (Phi) is 5.55. The highest BCUT2D eigenvalue weighted by Gasteiger charge is 2.20. The predicted octanol–water partition coefficient (Wildman–Crippen LogP) is 1.42. The van der Waals surface area contributed by atoms with Crippen molar-refractivity contribution < 1.29 is 9.59 Å². The molecule has 0 spiro atoms. The number of imidazole rings is 1. The Morgan fingerprint density at radius 1 is 1.00 bits per heavy atom. The largest absolute Gasteiger partial charge is 0.366 e. The number of fused-ring (bicyclic) bond motifs is 1. The number of hydrogen-bond acceptors (Lipinski definition) is 5. The van der Waals surface area contributed by atoms with E-state index in [-0.39, 0.29) is 5.91 Å². The van der Waals surface area contributed by atoms with Crippen molar-refractivity contribution in [3.8, 4) is 0 Å². The number of carbonyl (C=O) groups is 2. The standard InChI is InChI=1S/C21H24N6O2/c22-21(29)15-5-7-16(8-6-15)23-20(28)14-27-11-9-26(10-12-27)13-19-24-17-3-1-2-4-18(17)25-19/h1-8H,9-14H2,(H2,22,29)(H,23,28)(H,24,25). The van der Waals surface area contributed by atoms with Gasteiger partial charge in [0.2, 0.25) is 11.8 Å². The molecule has 1 saturated heterocycles. The van der Waals surface area contributed by atoms with Crippen molar-refractivity contribution in [1.82, 2.24) is 19.8 Å². The molecule has 0 radical (unpaired) electrons. The van der Waals surface area contributed by atoms with E-state index in [1.165, 1.54) is 0 Å². The van der Waals surface area contributed by atoms with Crippen LogP contribution in [0.2, 0.25) is 0 Å². The Morgan fingerprint density at radius 2 is 1.69 bits per heavy atom. The third-order valence-electron chi connectivity index (χ3n) is 5.10. The maximum absolute atomic E-state index is 12.3. The summed E-state index contributed by atoms with van der Waals surface area (Å²) in [7, 11) is 0. The molecule has 1 fully saturated rings. The molecule has 2 heterocycles. The first kappa shape index (κ1) is 19.1. The van der Waals surface area contributed by atoms with E-state index in [1.807, 2.05) is 24.3 Å². The van der Waals surface area contributed by atoms with E-state index in [4.69, 9.17) is 5.73 Å². The smallest absolute Gasteiger partial charge is 0.248 e. The number of nitrogens with one attached hydrogen (secondary N) is 2. The number of primary amides is 1. The molecule has 4 rings (SSSR count). The first-order chi connectivity index (χ1) is 14.1.